The second kappa shape index (κ2) is 7.31. The Kier molecular flexibility index (Phi) is 6.06. The molecule has 1 aliphatic carbocycles. The number of hydrogen-bond donors (Lipinski definition) is 1. The summed E-state index contributed by atoms with van der Waals surface area (Å²) in [4.78, 5) is 23.8. The standard InChI is InChI=1S/C15H25NO3/c1-4-7-8-9-12-10-11-15(12,14(18)19-6-3)16-13(17)5-2/h8-9,12H,4-7,10-11H2,1-3H3,(H,16,17). The highest BCUT2D eigenvalue weighted by atomic mass is 16.5. The number of carbonyl (C=O) groups is 2. The molecule has 2 unspecified atom stereocenters. The van der Waals surface area contributed by atoms with Crippen LogP contribution in [0.1, 0.15) is 52.9 Å². The fraction of sp³-hybridized carbons (Fsp3) is 0.733. The summed E-state index contributed by atoms with van der Waals surface area (Å²) in [7, 11) is 0. The van der Waals surface area contributed by atoms with E-state index in [2.05, 4.69) is 24.4 Å². The summed E-state index contributed by atoms with van der Waals surface area (Å²) < 4.78 is 5.14. The molecule has 1 N–H and O–H groups in total. The summed E-state index contributed by atoms with van der Waals surface area (Å²) >= 11 is 0. The van der Waals surface area contributed by atoms with Crippen LogP contribution in [0.15, 0.2) is 12.2 Å². The van der Waals surface area contributed by atoms with Crippen LogP contribution >= 0.6 is 0 Å². The van der Waals surface area contributed by atoms with Gasteiger partial charge in [-0.1, -0.05) is 32.4 Å². The second-order valence-corrected chi connectivity index (χ2v) is 4.96. The molecule has 1 amide bonds. The van der Waals surface area contributed by atoms with Crippen LogP contribution in [-0.2, 0) is 14.3 Å². The molecule has 2 atom stereocenters. The van der Waals surface area contributed by atoms with Crippen molar-refractivity contribution in [1.82, 2.24) is 5.32 Å². The first kappa shape index (κ1) is 15.7. The van der Waals surface area contributed by atoms with Gasteiger partial charge in [-0.15, -0.1) is 0 Å². The Balaban J connectivity index is 2.80. The van der Waals surface area contributed by atoms with E-state index in [1.54, 1.807) is 13.8 Å². The number of nitrogens with one attached hydrogen (secondary N) is 1. The lowest BCUT2D eigenvalue weighted by Gasteiger charge is -2.46. The van der Waals surface area contributed by atoms with Crippen molar-refractivity contribution in [3.8, 4) is 0 Å². The highest BCUT2D eigenvalue weighted by Crippen LogP contribution is 2.41. The first-order valence-corrected chi connectivity index (χ1v) is 7.25. The summed E-state index contributed by atoms with van der Waals surface area (Å²) in [5.74, 6) is -0.329. The van der Waals surface area contributed by atoms with Crippen molar-refractivity contribution >= 4 is 11.9 Å². The molecule has 1 aliphatic rings. The molecular formula is C15H25NO3. The third-order valence-electron chi connectivity index (χ3n) is 3.63. The average Bonchev–Trinajstić information content (AvgIpc) is 2.39. The maximum atomic E-state index is 12.2. The van der Waals surface area contributed by atoms with Gasteiger partial charge >= 0.3 is 5.97 Å². The largest absolute Gasteiger partial charge is 0.464 e. The normalized spacial score (nSPS) is 25.9. The molecule has 0 saturated heterocycles. The molecule has 0 aromatic carbocycles. The summed E-state index contributed by atoms with van der Waals surface area (Å²) in [5, 5.41) is 2.88. The topological polar surface area (TPSA) is 55.4 Å². The minimum Gasteiger partial charge on any atom is -0.464 e. The predicted molar refractivity (Wildman–Crippen MR) is 74.6 cm³/mol. The molecule has 1 fully saturated rings. The number of ether oxygens (including phenoxy) is 1. The molecule has 4 heteroatoms. The Morgan fingerprint density at radius 2 is 2.11 bits per heavy atom. The lowest BCUT2D eigenvalue weighted by Crippen LogP contribution is -2.65. The van der Waals surface area contributed by atoms with Crippen LogP contribution in [0, 0.1) is 5.92 Å². The first-order valence-electron chi connectivity index (χ1n) is 7.25. The Morgan fingerprint density at radius 1 is 1.37 bits per heavy atom. The third kappa shape index (κ3) is 3.58. The van der Waals surface area contributed by atoms with E-state index in [9.17, 15) is 9.59 Å². The van der Waals surface area contributed by atoms with Crippen molar-refractivity contribution in [3.63, 3.8) is 0 Å². The minimum absolute atomic E-state index is 0.0635. The van der Waals surface area contributed by atoms with Crippen molar-refractivity contribution in [3.05, 3.63) is 12.2 Å². The highest BCUT2D eigenvalue weighted by Gasteiger charge is 2.53. The zero-order valence-corrected chi connectivity index (χ0v) is 12.2. The van der Waals surface area contributed by atoms with Gasteiger partial charge < -0.3 is 10.1 Å². The Morgan fingerprint density at radius 3 is 2.58 bits per heavy atom. The van der Waals surface area contributed by atoms with Gasteiger partial charge in [0.1, 0.15) is 5.54 Å². The Bertz CT molecular complexity index is 351. The molecule has 1 saturated carbocycles. The van der Waals surface area contributed by atoms with Gasteiger partial charge in [0, 0.05) is 12.3 Å². The minimum atomic E-state index is -0.826. The van der Waals surface area contributed by atoms with Gasteiger partial charge in [-0.3, -0.25) is 4.79 Å². The summed E-state index contributed by atoms with van der Waals surface area (Å²) in [6.45, 7) is 6.03. The molecule has 1 rings (SSSR count). The van der Waals surface area contributed by atoms with Crippen LogP contribution in [0.2, 0.25) is 0 Å². The number of amides is 1. The third-order valence-corrected chi connectivity index (χ3v) is 3.63. The van der Waals surface area contributed by atoms with E-state index in [0.717, 1.165) is 19.3 Å². The number of carbonyl (C=O) groups excluding carboxylic acids is 2. The Hall–Kier alpha value is -1.32. The van der Waals surface area contributed by atoms with Crippen molar-refractivity contribution < 1.29 is 14.3 Å². The number of allylic oxidation sites excluding steroid dienone is 1. The van der Waals surface area contributed by atoms with Crippen LogP contribution in [0.25, 0.3) is 0 Å². The highest BCUT2D eigenvalue weighted by molar-refractivity contribution is 5.89. The quantitative estimate of drug-likeness (QED) is 0.570. The van der Waals surface area contributed by atoms with Crippen LogP contribution in [0.5, 0.6) is 0 Å². The molecule has 0 bridgehead atoms. The van der Waals surface area contributed by atoms with Crippen LogP contribution in [-0.4, -0.2) is 24.0 Å². The molecule has 19 heavy (non-hydrogen) atoms. The molecule has 0 aliphatic heterocycles. The zero-order chi connectivity index (χ0) is 14.3. The molecule has 0 heterocycles. The number of esters is 1. The van der Waals surface area contributed by atoms with Gasteiger partial charge in [-0.25, -0.2) is 4.79 Å². The van der Waals surface area contributed by atoms with Gasteiger partial charge in [-0.05, 0) is 26.2 Å². The molecule has 4 nitrogen and oxygen atoms in total. The van der Waals surface area contributed by atoms with Crippen LogP contribution in [0.3, 0.4) is 0 Å². The summed E-state index contributed by atoms with van der Waals surface area (Å²) in [5.41, 5.74) is -0.826. The van der Waals surface area contributed by atoms with E-state index in [4.69, 9.17) is 4.74 Å². The SMILES string of the molecule is CCCC=CC1CCC1(NC(=O)CC)C(=O)OCC. The van der Waals surface area contributed by atoms with Crippen LogP contribution < -0.4 is 5.32 Å². The van der Waals surface area contributed by atoms with Crippen LogP contribution in [0.4, 0.5) is 0 Å². The van der Waals surface area contributed by atoms with E-state index in [-0.39, 0.29) is 17.8 Å². The maximum absolute atomic E-state index is 12.2. The van der Waals surface area contributed by atoms with E-state index >= 15 is 0 Å². The summed E-state index contributed by atoms with van der Waals surface area (Å²) in [6.07, 6.45) is 8.19. The molecule has 0 radical (unpaired) electrons. The molecule has 108 valence electrons. The van der Waals surface area contributed by atoms with E-state index < -0.39 is 5.54 Å². The van der Waals surface area contributed by atoms with Gasteiger partial charge in [0.2, 0.25) is 5.91 Å². The first-order chi connectivity index (χ1) is 9.10. The van der Waals surface area contributed by atoms with Crippen molar-refractivity contribution in [1.29, 1.82) is 0 Å². The average molecular weight is 267 g/mol. The van der Waals surface area contributed by atoms with Gasteiger partial charge in [-0.2, -0.15) is 0 Å². The number of rotatable bonds is 7. The van der Waals surface area contributed by atoms with E-state index in [0.29, 0.717) is 19.4 Å². The van der Waals surface area contributed by atoms with Gasteiger partial charge in [0.25, 0.3) is 0 Å². The predicted octanol–water partition coefficient (Wildman–Crippen LogP) is 2.58. The maximum Gasteiger partial charge on any atom is 0.332 e. The second-order valence-electron chi connectivity index (χ2n) is 4.96. The zero-order valence-electron chi connectivity index (χ0n) is 12.2. The van der Waals surface area contributed by atoms with Gasteiger partial charge in [0.15, 0.2) is 0 Å². The van der Waals surface area contributed by atoms with E-state index in [1.165, 1.54) is 0 Å². The molecule has 0 aromatic heterocycles. The lowest BCUT2D eigenvalue weighted by atomic mass is 9.66. The molecule has 0 spiro atoms. The Labute approximate surface area is 115 Å². The van der Waals surface area contributed by atoms with Crippen molar-refractivity contribution in [2.45, 2.75) is 58.4 Å². The van der Waals surface area contributed by atoms with Crippen molar-refractivity contribution in [2.24, 2.45) is 5.92 Å². The lowest BCUT2D eigenvalue weighted by molar-refractivity contribution is -0.160. The number of hydrogen-bond acceptors (Lipinski definition) is 3. The van der Waals surface area contributed by atoms with Crippen molar-refractivity contribution in [2.75, 3.05) is 6.61 Å². The number of unbranched alkanes of at least 4 members (excludes halogenated alkanes) is 1. The molecular weight excluding hydrogens is 242 g/mol. The monoisotopic (exact) mass is 267 g/mol. The fourth-order valence-electron chi connectivity index (χ4n) is 2.34. The smallest absolute Gasteiger partial charge is 0.332 e. The van der Waals surface area contributed by atoms with Gasteiger partial charge in [0.05, 0.1) is 6.61 Å². The summed E-state index contributed by atoms with van der Waals surface area (Å²) in [6, 6.07) is 0. The fourth-order valence-corrected chi connectivity index (χ4v) is 2.34. The molecule has 0 aromatic rings. The van der Waals surface area contributed by atoms with E-state index in [1.807, 2.05) is 0 Å².